The molecule has 1 nitrogen and oxygen atoms in total. The Balaban J connectivity index is 2.54. The molecule has 0 aliphatic carbocycles. The first-order valence-electron chi connectivity index (χ1n) is 6.15. The maximum Gasteiger partial charge on any atom is 0.123 e. The molecule has 0 radical (unpaired) electrons. The highest BCUT2D eigenvalue weighted by Gasteiger charge is 2.11. The van der Waals surface area contributed by atoms with Crippen LogP contribution in [0.5, 0.6) is 0 Å². The molecule has 0 spiro atoms. The largest absolute Gasteiger partial charge is 0.313 e. The monoisotopic (exact) mass is 243 g/mol. The average Bonchev–Trinajstić information content (AvgIpc) is 2.38. The first kappa shape index (κ1) is 12.8. The molecule has 0 fully saturated rings. The van der Waals surface area contributed by atoms with Gasteiger partial charge in [-0.2, -0.15) is 0 Å². The fourth-order valence-corrected chi connectivity index (χ4v) is 2.04. The van der Waals surface area contributed by atoms with Crippen molar-refractivity contribution in [1.82, 2.24) is 5.32 Å². The quantitative estimate of drug-likeness (QED) is 0.856. The minimum atomic E-state index is -0.197. The molecule has 0 saturated carbocycles. The van der Waals surface area contributed by atoms with Crippen LogP contribution in [0.4, 0.5) is 4.39 Å². The number of rotatable bonds is 3. The fourth-order valence-electron chi connectivity index (χ4n) is 2.04. The van der Waals surface area contributed by atoms with Crippen LogP contribution in [0.2, 0.25) is 0 Å². The second kappa shape index (κ2) is 5.32. The highest BCUT2D eigenvalue weighted by molar-refractivity contribution is 5.68. The van der Waals surface area contributed by atoms with Crippen LogP contribution in [0.3, 0.4) is 0 Å². The summed E-state index contributed by atoms with van der Waals surface area (Å²) < 4.78 is 13.5. The van der Waals surface area contributed by atoms with E-state index in [1.54, 1.807) is 6.07 Å². The molecule has 1 unspecified atom stereocenters. The Morgan fingerprint density at radius 3 is 2.33 bits per heavy atom. The Morgan fingerprint density at radius 1 is 1.06 bits per heavy atom. The van der Waals surface area contributed by atoms with E-state index in [1.807, 2.05) is 44.3 Å². The normalized spacial score (nSPS) is 12.4. The number of benzene rings is 2. The lowest BCUT2D eigenvalue weighted by Crippen LogP contribution is -2.13. The van der Waals surface area contributed by atoms with Crippen molar-refractivity contribution in [3.8, 4) is 11.1 Å². The third kappa shape index (κ3) is 2.59. The van der Waals surface area contributed by atoms with E-state index in [2.05, 4.69) is 12.2 Å². The fraction of sp³-hybridized carbons (Fsp3) is 0.250. The van der Waals surface area contributed by atoms with Gasteiger partial charge in [0.2, 0.25) is 0 Å². The van der Waals surface area contributed by atoms with Crippen molar-refractivity contribution in [2.24, 2.45) is 0 Å². The lowest BCUT2D eigenvalue weighted by Gasteiger charge is -2.16. The Bertz CT molecular complexity index is 531. The SMILES string of the molecule is CNC(C)c1ccc(F)cc1-c1ccc(C)cc1. The first-order chi connectivity index (χ1) is 8.61. The zero-order chi connectivity index (χ0) is 13.1. The molecule has 0 heterocycles. The van der Waals surface area contributed by atoms with Gasteiger partial charge in [0.15, 0.2) is 0 Å². The van der Waals surface area contributed by atoms with Gasteiger partial charge in [0.05, 0.1) is 0 Å². The molecular formula is C16H18FN. The predicted molar refractivity (Wildman–Crippen MR) is 74.0 cm³/mol. The molecule has 0 aliphatic heterocycles. The van der Waals surface area contributed by atoms with Gasteiger partial charge in [-0.1, -0.05) is 35.9 Å². The summed E-state index contributed by atoms with van der Waals surface area (Å²) in [4.78, 5) is 0. The lowest BCUT2D eigenvalue weighted by atomic mass is 9.95. The minimum absolute atomic E-state index is 0.196. The van der Waals surface area contributed by atoms with Gasteiger partial charge in [-0.05, 0) is 49.7 Å². The molecule has 2 aromatic rings. The average molecular weight is 243 g/mol. The Labute approximate surface area is 108 Å². The second-order valence-corrected chi connectivity index (χ2v) is 4.61. The summed E-state index contributed by atoms with van der Waals surface area (Å²) in [5.41, 5.74) is 4.33. The van der Waals surface area contributed by atoms with Crippen LogP contribution in [-0.2, 0) is 0 Å². The van der Waals surface area contributed by atoms with Gasteiger partial charge in [0.25, 0.3) is 0 Å². The highest BCUT2D eigenvalue weighted by Crippen LogP contribution is 2.29. The van der Waals surface area contributed by atoms with Gasteiger partial charge in [-0.3, -0.25) is 0 Å². The van der Waals surface area contributed by atoms with E-state index < -0.39 is 0 Å². The molecule has 2 rings (SSSR count). The zero-order valence-electron chi connectivity index (χ0n) is 11.0. The maximum absolute atomic E-state index is 13.5. The van der Waals surface area contributed by atoms with Crippen LogP contribution in [0.15, 0.2) is 42.5 Å². The van der Waals surface area contributed by atoms with Gasteiger partial charge in [-0.15, -0.1) is 0 Å². The number of hydrogen-bond acceptors (Lipinski definition) is 1. The Morgan fingerprint density at radius 2 is 1.72 bits per heavy atom. The molecule has 0 amide bonds. The van der Waals surface area contributed by atoms with Crippen molar-refractivity contribution in [3.05, 3.63) is 59.4 Å². The van der Waals surface area contributed by atoms with Gasteiger partial charge < -0.3 is 5.32 Å². The van der Waals surface area contributed by atoms with E-state index in [1.165, 1.54) is 11.6 Å². The molecular weight excluding hydrogens is 225 g/mol. The molecule has 94 valence electrons. The van der Waals surface area contributed by atoms with Crippen molar-refractivity contribution in [3.63, 3.8) is 0 Å². The van der Waals surface area contributed by atoms with Crippen LogP contribution in [-0.4, -0.2) is 7.05 Å². The van der Waals surface area contributed by atoms with E-state index in [0.29, 0.717) is 0 Å². The summed E-state index contributed by atoms with van der Waals surface area (Å²) in [7, 11) is 1.91. The standard InChI is InChI=1S/C16H18FN/c1-11-4-6-13(7-5-11)16-10-14(17)8-9-15(16)12(2)18-3/h4-10,12,18H,1-3H3. The maximum atomic E-state index is 13.5. The van der Waals surface area contributed by atoms with Crippen LogP contribution in [0.1, 0.15) is 24.1 Å². The third-order valence-corrected chi connectivity index (χ3v) is 3.28. The minimum Gasteiger partial charge on any atom is -0.313 e. The molecule has 1 atom stereocenters. The van der Waals surface area contributed by atoms with Crippen LogP contribution >= 0.6 is 0 Å². The van der Waals surface area contributed by atoms with Gasteiger partial charge >= 0.3 is 0 Å². The van der Waals surface area contributed by atoms with E-state index in [9.17, 15) is 4.39 Å². The summed E-state index contributed by atoms with van der Waals surface area (Å²) in [6, 6.07) is 13.3. The van der Waals surface area contributed by atoms with E-state index in [4.69, 9.17) is 0 Å². The van der Waals surface area contributed by atoms with Crippen molar-refractivity contribution in [1.29, 1.82) is 0 Å². The van der Waals surface area contributed by atoms with Crippen molar-refractivity contribution in [2.75, 3.05) is 7.05 Å². The van der Waals surface area contributed by atoms with E-state index >= 15 is 0 Å². The smallest absolute Gasteiger partial charge is 0.123 e. The molecule has 0 saturated heterocycles. The molecule has 0 aliphatic rings. The molecule has 0 bridgehead atoms. The summed E-state index contributed by atoms with van der Waals surface area (Å²) in [6.07, 6.45) is 0. The Kier molecular flexibility index (Phi) is 3.78. The summed E-state index contributed by atoms with van der Waals surface area (Å²) in [5.74, 6) is -0.197. The first-order valence-corrected chi connectivity index (χ1v) is 6.15. The van der Waals surface area contributed by atoms with Crippen LogP contribution in [0.25, 0.3) is 11.1 Å². The molecule has 18 heavy (non-hydrogen) atoms. The summed E-state index contributed by atoms with van der Waals surface area (Å²) >= 11 is 0. The van der Waals surface area contributed by atoms with Gasteiger partial charge in [-0.25, -0.2) is 4.39 Å². The summed E-state index contributed by atoms with van der Waals surface area (Å²) in [6.45, 7) is 4.12. The number of aryl methyl sites for hydroxylation is 1. The molecule has 2 heteroatoms. The topological polar surface area (TPSA) is 12.0 Å². The third-order valence-electron chi connectivity index (χ3n) is 3.28. The van der Waals surface area contributed by atoms with Gasteiger partial charge in [0, 0.05) is 6.04 Å². The second-order valence-electron chi connectivity index (χ2n) is 4.61. The zero-order valence-corrected chi connectivity index (χ0v) is 11.0. The number of nitrogens with one attached hydrogen (secondary N) is 1. The number of halogens is 1. The van der Waals surface area contributed by atoms with Crippen molar-refractivity contribution < 1.29 is 4.39 Å². The van der Waals surface area contributed by atoms with E-state index in [-0.39, 0.29) is 11.9 Å². The lowest BCUT2D eigenvalue weighted by molar-refractivity contribution is 0.620. The summed E-state index contributed by atoms with van der Waals surface area (Å²) in [5, 5.41) is 3.20. The molecule has 0 aromatic heterocycles. The van der Waals surface area contributed by atoms with Gasteiger partial charge in [0.1, 0.15) is 5.82 Å². The molecule has 2 aromatic carbocycles. The number of hydrogen-bond donors (Lipinski definition) is 1. The molecule has 1 N–H and O–H groups in total. The van der Waals surface area contributed by atoms with E-state index in [0.717, 1.165) is 16.7 Å². The van der Waals surface area contributed by atoms with Crippen LogP contribution < -0.4 is 5.32 Å². The Hall–Kier alpha value is -1.67. The van der Waals surface area contributed by atoms with Crippen molar-refractivity contribution in [2.45, 2.75) is 19.9 Å². The predicted octanol–water partition coefficient (Wildman–Crippen LogP) is 4.08. The highest BCUT2D eigenvalue weighted by atomic mass is 19.1. The van der Waals surface area contributed by atoms with Crippen molar-refractivity contribution >= 4 is 0 Å². The van der Waals surface area contributed by atoms with Crippen LogP contribution in [0, 0.1) is 12.7 Å².